The highest BCUT2D eigenvalue weighted by atomic mass is 127. The highest BCUT2D eigenvalue weighted by molar-refractivity contribution is 14.0. The highest BCUT2D eigenvalue weighted by Gasteiger charge is 2.20. The quantitative estimate of drug-likeness (QED) is 0.274. The first-order valence-electron chi connectivity index (χ1n) is 10.0. The summed E-state index contributed by atoms with van der Waals surface area (Å²) in [5, 5.41) is 8.41. The fraction of sp³-hybridized carbons (Fsp3) is 0.600. The van der Waals surface area contributed by atoms with Crippen LogP contribution in [0.5, 0.6) is 0 Å². The number of piperazine rings is 1. The lowest BCUT2D eigenvalue weighted by atomic mass is 10.0. The van der Waals surface area contributed by atoms with Crippen molar-refractivity contribution in [3.8, 4) is 0 Å². The molecule has 1 saturated heterocycles. The van der Waals surface area contributed by atoms with Crippen molar-refractivity contribution in [3.63, 3.8) is 0 Å². The molecule has 0 atom stereocenters. The smallest absolute Gasteiger partial charge is 0.193 e. The van der Waals surface area contributed by atoms with Crippen molar-refractivity contribution in [2.75, 3.05) is 44.7 Å². The van der Waals surface area contributed by atoms with Gasteiger partial charge in [0.05, 0.1) is 15.7 Å². The number of thiophene rings is 1. The van der Waals surface area contributed by atoms with Crippen LogP contribution in [-0.4, -0.2) is 55.6 Å². The van der Waals surface area contributed by atoms with Crippen molar-refractivity contribution >= 4 is 57.6 Å². The topological polar surface area (TPSA) is 43.8 Å². The lowest BCUT2D eigenvalue weighted by Gasteiger charge is -2.37. The van der Waals surface area contributed by atoms with Crippen molar-refractivity contribution in [2.45, 2.75) is 38.5 Å². The SMILES string of the molecule is CN=C(NCCCc1nc2c(s1)CCCC2)N1CCN(c2cccs2)CC1.I. The van der Waals surface area contributed by atoms with Crippen LogP contribution in [0.1, 0.15) is 34.8 Å². The predicted octanol–water partition coefficient (Wildman–Crippen LogP) is 4.03. The molecule has 2 aromatic rings. The first kappa shape index (κ1) is 21.8. The molecule has 28 heavy (non-hydrogen) atoms. The van der Waals surface area contributed by atoms with Crippen molar-refractivity contribution in [3.05, 3.63) is 33.1 Å². The van der Waals surface area contributed by atoms with Crippen LogP contribution in [0.4, 0.5) is 5.00 Å². The van der Waals surface area contributed by atoms with Crippen LogP contribution < -0.4 is 10.2 Å². The van der Waals surface area contributed by atoms with E-state index >= 15 is 0 Å². The maximum atomic E-state index is 4.86. The summed E-state index contributed by atoms with van der Waals surface area (Å²) in [5.41, 5.74) is 1.38. The van der Waals surface area contributed by atoms with E-state index in [0.717, 1.165) is 51.5 Å². The van der Waals surface area contributed by atoms with E-state index in [0.29, 0.717) is 0 Å². The molecule has 1 fully saturated rings. The Balaban J connectivity index is 0.00000225. The summed E-state index contributed by atoms with van der Waals surface area (Å²) in [7, 11) is 1.89. The number of aryl methyl sites for hydroxylation is 3. The Bertz CT molecular complexity index is 727. The van der Waals surface area contributed by atoms with E-state index in [-0.39, 0.29) is 24.0 Å². The number of aliphatic imine (C=N–C) groups is 1. The number of guanidine groups is 1. The number of thiazole rings is 1. The Hall–Kier alpha value is -0.870. The van der Waals surface area contributed by atoms with E-state index in [4.69, 9.17) is 4.98 Å². The molecular weight excluding hydrogens is 501 g/mol. The Labute approximate surface area is 193 Å². The van der Waals surface area contributed by atoms with E-state index in [9.17, 15) is 0 Å². The number of nitrogens with zero attached hydrogens (tertiary/aromatic N) is 4. The number of rotatable bonds is 5. The third-order valence-electron chi connectivity index (χ3n) is 5.35. The number of halogens is 1. The highest BCUT2D eigenvalue weighted by Crippen LogP contribution is 2.27. The minimum absolute atomic E-state index is 0. The summed E-state index contributed by atoms with van der Waals surface area (Å²) in [6.07, 6.45) is 7.28. The van der Waals surface area contributed by atoms with Gasteiger partial charge in [-0.25, -0.2) is 4.98 Å². The fourth-order valence-electron chi connectivity index (χ4n) is 3.87. The van der Waals surface area contributed by atoms with Crippen molar-refractivity contribution in [2.24, 2.45) is 4.99 Å². The number of hydrogen-bond acceptors (Lipinski definition) is 5. The molecule has 5 nitrogen and oxygen atoms in total. The van der Waals surface area contributed by atoms with Crippen molar-refractivity contribution < 1.29 is 0 Å². The second-order valence-electron chi connectivity index (χ2n) is 7.19. The van der Waals surface area contributed by atoms with Crippen LogP contribution in [0.2, 0.25) is 0 Å². The third kappa shape index (κ3) is 5.38. The molecule has 0 unspecified atom stereocenters. The number of anilines is 1. The minimum atomic E-state index is 0. The van der Waals surface area contributed by atoms with Gasteiger partial charge in [0.1, 0.15) is 0 Å². The molecule has 0 bridgehead atoms. The van der Waals surface area contributed by atoms with Crippen LogP contribution >= 0.6 is 46.7 Å². The Kier molecular flexibility index (Phi) is 8.40. The molecule has 2 aromatic heterocycles. The zero-order chi connectivity index (χ0) is 18.5. The lowest BCUT2D eigenvalue weighted by molar-refractivity contribution is 0.373. The minimum Gasteiger partial charge on any atom is -0.360 e. The molecule has 1 aliphatic heterocycles. The first-order valence-corrected chi connectivity index (χ1v) is 11.7. The molecule has 0 amide bonds. The van der Waals surface area contributed by atoms with Gasteiger partial charge in [-0.15, -0.1) is 46.7 Å². The average Bonchev–Trinajstić information content (AvgIpc) is 3.38. The molecule has 1 aliphatic carbocycles. The largest absolute Gasteiger partial charge is 0.360 e. The summed E-state index contributed by atoms with van der Waals surface area (Å²) in [4.78, 5) is 15.8. The molecule has 4 rings (SSSR count). The van der Waals surface area contributed by atoms with Gasteiger partial charge in [0.2, 0.25) is 0 Å². The maximum absolute atomic E-state index is 4.86. The zero-order valence-electron chi connectivity index (χ0n) is 16.5. The Morgan fingerprint density at radius 3 is 2.75 bits per heavy atom. The van der Waals surface area contributed by atoms with Gasteiger partial charge in [-0.3, -0.25) is 4.99 Å². The second kappa shape index (κ2) is 10.8. The van der Waals surface area contributed by atoms with E-state index in [1.54, 1.807) is 4.88 Å². The predicted molar refractivity (Wildman–Crippen MR) is 132 cm³/mol. The summed E-state index contributed by atoms with van der Waals surface area (Å²) < 4.78 is 0. The molecule has 1 N–H and O–H groups in total. The number of hydrogen-bond donors (Lipinski definition) is 1. The Morgan fingerprint density at radius 1 is 1.21 bits per heavy atom. The molecule has 2 aliphatic rings. The number of fused-ring (bicyclic) bond motifs is 1. The molecular formula is C20H30IN5S2. The van der Waals surface area contributed by atoms with Crippen LogP contribution in [0.25, 0.3) is 0 Å². The summed E-state index contributed by atoms with van der Waals surface area (Å²) >= 11 is 3.77. The van der Waals surface area contributed by atoms with Crippen molar-refractivity contribution in [1.29, 1.82) is 0 Å². The van der Waals surface area contributed by atoms with E-state index in [2.05, 4.69) is 37.6 Å². The van der Waals surface area contributed by atoms with Gasteiger partial charge in [-0.2, -0.15) is 0 Å². The maximum Gasteiger partial charge on any atom is 0.193 e. The average molecular weight is 532 g/mol. The number of nitrogens with one attached hydrogen (secondary N) is 1. The van der Waals surface area contributed by atoms with Crippen LogP contribution in [-0.2, 0) is 19.3 Å². The van der Waals surface area contributed by atoms with Gasteiger partial charge >= 0.3 is 0 Å². The van der Waals surface area contributed by atoms with Crippen LogP contribution in [0.3, 0.4) is 0 Å². The lowest BCUT2D eigenvalue weighted by Crippen LogP contribution is -2.52. The van der Waals surface area contributed by atoms with E-state index in [1.807, 2.05) is 29.7 Å². The Morgan fingerprint density at radius 2 is 2.04 bits per heavy atom. The first-order chi connectivity index (χ1) is 13.3. The zero-order valence-corrected chi connectivity index (χ0v) is 20.5. The summed E-state index contributed by atoms with van der Waals surface area (Å²) in [6.45, 7) is 5.13. The standard InChI is InChI=1S/C20H29N5S2.HI/c1-21-20(25-13-11-24(12-14-25)19-9-5-15-26-19)22-10-4-8-18-23-16-6-2-3-7-17(16)27-18;/h5,9,15H,2-4,6-8,10-14H2,1H3,(H,21,22);1H. The van der Waals surface area contributed by atoms with Gasteiger partial charge in [0, 0.05) is 51.1 Å². The molecule has 0 aromatic carbocycles. The molecule has 0 spiro atoms. The van der Waals surface area contributed by atoms with Gasteiger partial charge in [-0.05, 0) is 49.6 Å². The summed E-state index contributed by atoms with van der Waals surface area (Å²) in [6, 6.07) is 4.34. The van der Waals surface area contributed by atoms with Gasteiger partial charge in [0.15, 0.2) is 5.96 Å². The second-order valence-corrected chi connectivity index (χ2v) is 9.28. The fourth-order valence-corrected chi connectivity index (χ4v) is 5.86. The molecule has 154 valence electrons. The monoisotopic (exact) mass is 531 g/mol. The molecule has 3 heterocycles. The van der Waals surface area contributed by atoms with Crippen molar-refractivity contribution in [1.82, 2.24) is 15.2 Å². The van der Waals surface area contributed by atoms with E-state index in [1.165, 1.54) is 41.4 Å². The molecule has 0 radical (unpaired) electrons. The van der Waals surface area contributed by atoms with Gasteiger partial charge in [0.25, 0.3) is 0 Å². The number of aromatic nitrogens is 1. The van der Waals surface area contributed by atoms with Crippen LogP contribution in [0.15, 0.2) is 22.5 Å². The van der Waals surface area contributed by atoms with Gasteiger partial charge < -0.3 is 15.1 Å². The van der Waals surface area contributed by atoms with E-state index < -0.39 is 0 Å². The normalized spacial score (nSPS) is 17.2. The molecule has 8 heteroatoms. The van der Waals surface area contributed by atoms with Crippen LogP contribution in [0, 0.1) is 0 Å². The summed E-state index contributed by atoms with van der Waals surface area (Å²) in [5.74, 6) is 1.04. The third-order valence-corrected chi connectivity index (χ3v) is 7.50. The molecule has 0 saturated carbocycles. The van der Waals surface area contributed by atoms with Gasteiger partial charge in [-0.1, -0.05) is 0 Å².